The maximum absolute atomic E-state index is 12.6. The number of hydrazone groups is 1. The van der Waals surface area contributed by atoms with Crippen molar-refractivity contribution in [3.8, 4) is 5.75 Å². The molecule has 0 aliphatic carbocycles. The van der Waals surface area contributed by atoms with Crippen molar-refractivity contribution in [2.75, 3.05) is 20.2 Å². The minimum Gasteiger partial charge on any atom is -0.494 e. The highest BCUT2D eigenvalue weighted by atomic mass is 16.5. The number of imide groups is 1. The van der Waals surface area contributed by atoms with E-state index in [4.69, 9.17) is 4.74 Å². The largest absolute Gasteiger partial charge is 0.494 e. The SMILES string of the molecule is CCOc1ccc(/C=N/NC2=NC3C(C(=O)NC(=O)N3C)N2CCc2ccccc2)cc1. The molecule has 1 fully saturated rings. The third-order valence-electron chi connectivity index (χ3n) is 5.41. The summed E-state index contributed by atoms with van der Waals surface area (Å²) in [7, 11) is 1.63. The Morgan fingerprint density at radius 2 is 1.91 bits per heavy atom. The van der Waals surface area contributed by atoms with Gasteiger partial charge in [-0.15, -0.1) is 0 Å². The van der Waals surface area contributed by atoms with Gasteiger partial charge in [-0.3, -0.25) is 10.1 Å². The van der Waals surface area contributed by atoms with Crippen LogP contribution in [0.1, 0.15) is 18.1 Å². The van der Waals surface area contributed by atoms with E-state index in [9.17, 15) is 9.59 Å². The Morgan fingerprint density at radius 3 is 2.62 bits per heavy atom. The second-order valence-electron chi connectivity index (χ2n) is 7.52. The molecule has 2 aromatic carbocycles. The number of fused-ring (bicyclic) bond motifs is 1. The predicted octanol–water partition coefficient (Wildman–Crippen LogP) is 1.80. The lowest BCUT2D eigenvalue weighted by atomic mass is 10.1. The highest BCUT2D eigenvalue weighted by Gasteiger charge is 2.48. The summed E-state index contributed by atoms with van der Waals surface area (Å²) in [5.41, 5.74) is 5.00. The van der Waals surface area contributed by atoms with Crippen molar-refractivity contribution in [2.24, 2.45) is 10.1 Å². The van der Waals surface area contributed by atoms with Gasteiger partial charge in [-0.05, 0) is 48.7 Å². The molecule has 0 aromatic heterocycles. The standard InChI is InChI=1S/C23H26N6O3/c1-3-32-18-11-9-17(10-12-18)15-24-27-22-25-20-19(21(30)26-23(31)28(20)2)29(22)14-13-16-7-5-4-6-8-16/h4-12,15,19-20H,3,13-14H2,1-2H3,(H,25,27)(H,26,30,31)/b24-15+. The predicted molar refractivity (Wildman–Crippen MR) is 122 cm³/mol. The molecular weight excluding hydrogens is 408 g/mol. The molecule has 9 nitrogen and oxygen atoms in total. The number of likely N-dealkylation sites (N-methyl/N-ethyl adjacent to an activating group) is 1. The number of rotatable bonds is 7. The lowest BCUT2D eigenvalue weighted by Crippen LogP contribution is -2.64. The van der Waals surface area contributed by atoms with Crippen LogP contribution in [0.4, 0.5) is 4.79 Å². The molecule has 4 rings (SSSR count). The zero-order valence-electron chi connectivity index (χ0n) is 18.1. The van der Waals surface area contributed by atoms with Gasteiger partial charge in [0.25, 0.3) is 5.91 Å². The Balaban J connectivity index is 1.50. The number of guanidine groups is 1. The topological polar surface area (TPSA) is 98.6 Å². The van der Waals surface area contributed by atoms with Gasteiger partial charge in [0.15, 0.2) is 12.2 Å². The van der Waals surface area contributed by atoms with E-state index >= 15 is 0 Å². The molecule has 0 spiro atoms. The van der Waals surface area contributed by atoms with E-state index < -0.39 is 18.2 Å². The third-order valence-corrected chi connectivity index (χ3v) is 5.41. The number of benzene rings is 2. The number of ether oxygens (including phenoxy) is 1. The number of hydrogen-bond acceptors (Lipinski definition) is 7. The van der Waals surface area contributed by atoms with Crippen molar-refractivity contribution in [1.29, 1.82) is 0 Å². The summed E-state index contributed by atoms with van der Waals surface area (Å²) in [5, 5.41) is 6.71. The van der Waals surface area contributed by atoms with Gasteiger partial charge in [0.2, 0.25) is 5.96 Å². The molecule has 3 amide bonds. The van der Waals surface area contributed by atoms with Crippen molar-refractivity contribution in [3.05, 3.63) is 65.7 Å². The first kappa shape index (κ1) is 21.4. The van der Waals surface area contributed by atoms with Crippen LogP contribution in [-0.2, 0) is 11.2 Å². The summed E-state index contributed by atoms with van der Waals surface area (Å²) >= 11 is 0. The Bertz CT molecular complexity index is 1020. The van der Waals surface area contributed by atoms with Crippen LogP contribution in [-0.4, -0.2) is 66.3 Å². The van der Waals surface area contributed by atoms with Crippen LogP contribution in [0.5, 0.6) is 5.75 Å². The van der Waals surface area contributed by atoms with E-state index in [1.54, 1.807) is 13.3 Å². The summed E-state index contributed by atoms with van der Waals surface area (Å²) < 4.78 is 5.45. The number of nitrogens with one attached hydrogen (secondary N) is 2. The maximum atomic E-state index is 12.6. The first-order valence-corrected chi connectivity index (χ1v) is 10.5. The summed E-state index contributed by atoms with van der Waals surface area (Å²) in [6.07, 6.45) is 1.79. The van der Waals surface area contributed by atoms with Crippen molar-refractivity contribution in [2.45, 2.75) is 25.6 Å². The number of carbonyl (C=O) groups excluding carboxylic acids is 2. The quantitative estimate of drug-likeness (QED) is 0.512. The average molecular weight is 435 g/mol. The Morgan fingerprint density at radius 1 is 1.16 bits per heavy atom. The third kappa shape index (κ3) is 4.56. The maximum Gasteiger partial charge on any atom is 0.325 e. The van der Waals surface area contributed by atoms with E-state index in [1.807, 2.05) is 66.4 Å². The minimum absolute atomic E-state index is 0.359. The summed E-state index contributed by atoms with van der Waals surface area (Å²) in [5.74, 6) is 0.893. The molecule has 1 saturated heterocycles. The zero-order valence-corrected chi connectivity index (χ0v) is 18.1. The van der Waals surface area contributed by atoms with Gasteiger partial charge in [0.05, 0.1) is 12.8 Å². The zero-order chi connectivity index (χ0) is 22.5. The number of carbonyl (C=O) groups is 2. The van der Waals surface area contributed by atoms with Crippen LogP contribution < -0.4 is 15.5 Å². The molecule has 166 valence electrons. The van der Waals surface area contributed by atoms with E-state index in [1.165, 1.54) is 4.90 Å². The second-order valence-corrected chi connectivity index (χ2v) is 7.52. The Kier molecular flexibility index (Phi) is 6.34. The molecule has 2 aliphatic rings. The number of urea groups is 1. The minimum atomic E-state index is -0.607. The van der Waals surface area contributed by atoms with Gasteiger partial charge in [-0.1, -0.05) is 30.3 Å². The molecular formula is C23H26N6O3. The summed E-state index contributed by atoms with van der Waals surface area (Å²) in [6, 6.07) is 16.5. The average Bonchev–Trinajstić information content (AvgIpc) is 3.17. The molecule has 2 unspecified atom stereocenters. The molecule has 2 aliphatic heterocycles. The van der Waals surface area contributed by atoms with Crippen molar-refractivity contribution < 1.29 is 14.3 Å². The van der Waals surface area contributed by atoms with Gasteiger partial charge in [-0.25, -0.2) is 15.2 Å². The molecule has 2 N–H and O–H groups in total. The summed E-state index contributed by atoms with van der Waals surface area (Å²) in [6.45, 7) is 3.10. The first-order valence-electron chi connectivity index (χ1n) is 10.5. The molecule has 0 radical (unpaired) electrons. The smallest absolute Gasteiger partial charge is 0.325 e. The summed E-state index contributed by atoms with van der Waals surface area (Å²) in [4.78, 5) is 32.6. The van der Waals surface area contributed by atoms with Gasteiger partial charge >= 0.3 is 6.03 Å². The van der Waals surface area contributed by atoms with Crippen LogP contribution in [0.2, 0.25) is 0 Å². The van der Waals surface area contributed by atoms with Gasteiger partial charge in [-0.2, -0.15) is 5.10 Å². The van der Waals surface area contributed by atoms with Crippen molar-refractivity contribution >= 4 is 24.1 Å². The van der Waals surface area contributed by atoms with Gasteiger partial charge in [0, 0.05) is 13.6 Å². The van der Waals surface area contributed by atoms with Gasteiger partial charge in [0.1, 0.15) is 5.75 Å². The number of aliphatic imine (C=N–C) groups is 1. The number of nitrogens with zero attached hydrogens (tertiary/aromatic N) is 4. The fourth-order valence-electron chi connectivity index (χ4n) is 3.74. The lowest BCUT2D eigenvalue weighted by molar-refractivity contribution is -0.127. The number of hydrogen-bond donors (Lipinski definition) is 2. The monoisotopic (exact) mass is 434 g/mol. The lowest BCUT2D eigenvalue weighted by Gasteiger charge is -2.36. The normalized spacial score (nSPS) is 20.2. The van der Waals surface area contributed by atoms with Crippen molar-refractivity contribution in [1.82, 2.24) is 20.5 Å². The van der Waals surface area contributed by atoms with E-state index in [0.717, 1.165) is 23.3 Å². The molecule has 9 heteroatoms. The molecule has 2 heterocycles. The van der Waals surface area contributed by atoms with E-state index in [-0.39, 0.29) is 5.91 Å². The van der Waals surface area contributed by atoms with Crippen LogP contribution in [0.3, 0.4) is 0 Å². The molecule has 2 atom stereocenters. The fraction of sp³-hybridized carbons (Fsp3) is 0.304. The fourth-order valence-corrected chi connectivity index (χ4v) is 3.74. The molecule has 32 heavy (non-hydrogen) atoms. The molecule has 0 saturated carbocycles. The van der Waals surface area contributed by atoms with Crippen LogP contribution in [0.15, 0.2) is 64.7 Å². The van der Waals surface area contributed by atoms with Gasteiger partial charge < -0.3 is 14.5 Å². The Labute approximate surface area is 186 Å². The highest BCUT2D eigenvalue weighted by molar-refractivity contribution is 6.03. The van der Waals surface area contributed by atoms with Crippen molar-refractivity contribution in [3.63, 3.8) is 0 Å². The van der Waals surface area contributed by atoms with Crippen LogP contribution in [0, 0.1) is 0 Å². The van der Waals surface area contributed by atoms with Crippen LogP contribution >= 0.6 is 0 Å². The second kappa shape index (κ2) is 9.51. The highest BCUT2D eigenvalue weighted by Crippen LogP contribution is 2.23. The first-order chi connectivity index (χ1) is 15.6. The van der Waals surface area contributed by atoms with Crippen LogP contribution in [0.25, 0.3) is 0 Å². The Hall–Kier alpha value is -3.88. The molecule has 2 aromatic rings. The van der Waals surface area contributed by atoms with E-state index in [2.05, 4.69) is 20.8 Å². The molecule has 0 bridgehead atoms. The van der Waals surface area contributed by atoms with E-state index in [0.29, 0.717) is 19.1 Å². The number of amides is 3.